The van der Waals surface area contributed by atoms with Crippen LogP contribution >= 0.6 is 0 Å². The van der Waals surface area contributed by atoms with Crippen LogP contribution in [0.2, 0.25) is 0 Å². The second-order valence-electron chi connectivity index (χ2n) is 6.33. The van der Waals surface area contributed by atoms with Gasteiger partial charge in [0.2, 0.25) is 0 Å². The Hall–Kier alpha value is -2.46. The van der Waals surface area contributed by atoms with E-state index in [9.17, 15) is 14.7 Å². The van der Waals surface area contributed by atoms with Crippen LogP contribution in [0.5, 0.6) is 0 Å². The summed E-state index contributed by atoms with van der Waals surface area (Å²) in [4.78, 5) is 27.3. The molecule has 2 aromatic carbocycles. The van der Waals surface area contributed by atoms with Crippen LogP contribution in [0.15, 0.2) is 54.6 Å². The van der Waals surface area contributed by atoms with Crippen molar-refractivity contribution < 1.29 is 14.7 Å². The van der Waals surface area contributed by atoms with Gasteiger partial charge in [-0.2, -0.15) is 0 Å². The molecule has 0 saturated carbocycles. The molecule has 1 aliphatic heterocycles. The highest BCUT2D eigenvalue weighted by atomic mass is 16.3. The third kappa shape index (κ3) is 3.24. The van der Waals surface area contributed by atoms with Crippen LogP contribution < -0.4 is 0 Å². The minimum absolute atomic E-state index is 0.162. The molecule has 0 radical (unpaired) electrons. The zero-order valence-corrected chi connectivity index (χ0v) is 13.7. The van der Waals surface area contributed by atoms with Crippen LogP contribution in [0, 0.1) is 5.92 Å². The fourth-order valence-electron chi connectivity index (χ4n) is 3.02. The monoisotopic (exact) mass is 323 g/mol. The first-order valence-electron chi connectivity index (χ1n) is 8.24. The van der Waals surface area contributed by atoms with E-state index in [1.165, 1.54) is 0 Å². The van der Waals surface area contributed by atoms with Crippen LogP contribution in [0.25, 0.3) is 0 Å². The van der Waals surface area contributed by atoms with E-state index in [4.69, 9.17) is 0 Å². The van der Waals surface area contributed by atoms with Gasteiger partial charge in [-0.05, 0) is 18.4 Å². The first kappa shape index (κ1) is 16.4. The molecule has 0 bridgehead atoms. The second-order valence-corrected chi connectivity index (χ2v) is 6.33. The Morgan fingerprint density at radius 2 is 1.62 bits per heavy atom. The number of likely N-dealkylation sites (tertiary alicyclic amines) is 1. The summed E-state index contributed by atoms with van der Waals surface area (Å²) in [7, 11) is 0. The maximum Gasteiger partial charge on any atom is 0.254 e. The average molecular weight is 323 g/mol. The lowest BCUT2D eigenvalue weighted by atomic mass is 9.94. The van der Waals surface area contributed by atoms with Crippen LogP contribution in [0.4, 0.5) is 0 Å². The quantitative estimate of drug-likeness (QED) is 0.884. The number of carbonyl (C=O) groups is 2. The highest BCUT2D eigenvalue weighted by molar-refractivity contribution is 6.15. The lowest BCUT2D eigenvalue weighted by molar-refractivity contribution is 0.0248. The van der Waals surface area contributed by atoms with Gasteiger partial charge in [0.25, 0.3) is 5.91 Å². The molecule has 2 aromatic rings. The maximum atomic E-state index is 12.9. The summed E-state index contributed by atoms with van der Waals surface area (Å²) < 4.78 is 0. The van der Waals surface area contributed by atoms with Gasteiger partial charge < -0.3 is 10.0 Å². The number of hydrogen-bond donors (Lipinski definition) is 1. The Balaban J connectivity index is 1.89. The van der Waals surface area contributed by atoms with Gasteiger partial charge in [-0.3, -0.25) is 9.59 Å². The topological polar surface area (TPSA) is 57.6 Å². The van der Waals surface area contributed by atoms with E-state index in [0.29, 0.717) is 29.8 Å². The van der Waals surface area contributed by atoms with Gasteiger partial charge >= 0.3 is 0 Å². The molecule has 2 unspecified atom stereocenters. The SMILES string of the molecule is CC1CCN(C(=O)c2ccccc2C(=O)c2ccccc2)CC1O. The van der Waals surface area contributed by atoms with E-state index >= 15 is 0 Å². The molecule has 1 saturated heterocycles. The van der Waals surface area contributed by atoms with Crippen LogP contribution in [-0.2, 0) is 0 Å². The van der Waals surface area contributed by atoms with Gasteiger partial charge in [0.1, 0.15) is 0 Å². The van der Waals surface area contributed by atoms with E-state index in [0.717, 1.165) is 6.42 Å². The standard InChI is InChI=1S/C20H21NO3/c1-14-11-12-21(13-18(14)22)20(24)17-10-6-5-9-16(17)19(23)15-7-3-2-4-8-15/h2-10,14,18,22H,11-13H2,1H3. The van der Waals surface area contributed by atoms with Crippen molar-refractivity contribution in [3.05, 3.63) is 71.3 Å². The number of amides is 1. The summed E-state index contributed by atoms with van der Waals surface area (Å²) in [6.07, 6.45) is 0.251. The number of β-amino-alcohol motifs (C(OH)–C–C–N with tert-alkyl or cyclic N) is 1. The Morgan fingerprint density at radius 1 is 1.00 bits per heavy atom. The predicted octanol–water partition coefficient (Wildman–Crippen LogP) is 2.76. The van der Waals surface area contributed by atoms with Crippen molar-refractivity contribution in [3.8, 4) is 0 Å². The van der Waals surface area contributed by atoms with E-state index < -0.39 is 6.10 Å². The molecule has 0 spiro atoms. The van der Waals surface area contributed by atoms with E-state index in [2.05, 4.69) is 0 Å². The van der Waals surface area contributed by atoms with Gasteiger partial charge in [-0.1, -0.05) is 55.5 Å². The van der Waals surface area contributed by atoms with Gasteiger partial charge in [0.15, 0.2) is 5.78 Å². The van der Waals surface area contributed by atoms with Crippen molar-refractivity contribution in [2.75, 3.05) is 13.1 Å². The van der Waals surface area contributed by atoms with Gasteiger partial charge in [0.05, 0.1) is 11.7 Å². The number of benzene rings is 2. The number of hydrogen-bond acceptors (Lipinski definition) is 3. The molecule has 24 heavy (non-hydrogen) atoms. The highest BCUT2D eigenvalue weighted by Crippen LogP contribution is 2.21. The summed E-state index contributed by atoms with van der Waals surface area (Å²) in [6, 6.07) is 15.8. The molecule has 4 nitrogen and oxygen atoms in total. The minimum atomic E-state index is -0.514. The van der Waals surface area contributed by atoms with Crippen LogP contribution in [-0.4, -0.2) is 40.9 Å². The normalized spacial score (nSPS) is 20.7. The van der Waals surface area contributed by atoms with Gasteiger partial charge in [0, 0.05) is 24.2 Å². The molecule has 1 aliphatic rings. The van der Waals surface area contributed by atoms with E-state index in [1.54, 1.807) is 53.4 Å². The fraction of sp³-hybridized carbons (Fsp3) is 0.300. The Kier molecular flexibility index (Phi) is 4.76. The Bertz CT molecular complexity index is 742. The number of nitrogens with zero attached hydrogens (tertiary/aromatic N) is 1. The molecule has 1 N–H and O–H groups in total. The zero-order valence-electron chi connectivity index (χ0n) is 13.7. The summed E-state index contributed by atoms with van der Waals surface area (Å²) in [6.45, 7) is 2.90. The molecule has 124 valence electrons. The molecule has 1 fully saturated rings. The largest absolute Gasteiger partial charge is 0.391 e. The zero-order chi connectivity index (χ0) is 17.1. The molecule has 1 amide bonds. The number of aliphatic hydroxyl groups excluding tert-OH is 1. The first-order chi connectivity index (χ1) is 11.6. The first-order valence-corrected chi connectivity index (χ1v) is 8.24. The number of ketones is 1. The molecule has 4 heteroatoms. The Morgan fingerprint density at radius 3 is 2.29 bits per heavy atom. The molecular weight excluding hydrogens is 302 g/mol. The molecule has 0 aliphatic carbocycles. The van der Waals surface area contributed by atoms with Crippen LogP contribution in [0.1, 0.15) is 39.6 Å². The van der Waals surface area contributed by atoms with Gasteiger partial charge in [-0.25, -0.2) is 0 Å². The lowest BCUT2D eigenvalue weighted by Gasteiger charge is -2.34. The number of aliphatic hydroxyl groups is 1. The summed E-state index contributed by atoms with van der Waals surface area (Å²) in [5.74, 6) is -0.165. The third-order valence-corrected chi connectivity index (χ3v) is 4.64. The Labute approximate surface area is 141 Å². The number of carbonyl (C=O) groups excluding carboxylic acids is 2. The van der Waals surface area contributed by atoms with Crippen molar-refractivity contribution in [2.45, 2.75) is 19.4 Å². The second kappa shape index (κ2) is 6.97. The average Bonchev–Trinajstić information content (AvgIpc) is 2.63. The maximum absolute atomic E-state index is 12.9. The van der Waals surface area contributed by atoms with Crippen molar-refractivity contribution in [1.82, 2.24) is 4.90 Å². The number of piperidine rings is 1. The van der Waals surface area contributed by atoms with Crippen molar-refractivity contribution in [3.63, 3.8) is 0 Å². The molecular formula is C20H21NO3. The molecule has 0 aromatic heterocycles. The summed E-state index contributed by atoms with van der Waals surface area (Å²) in [5.41, 5.74) is 1.36. The highest BCUT2D eigenvalue weighted by Gasteiger charge is 2.29. The summed E-state index contributed by atoms with van der Waals surface area (Å²) >= 11 is 0. The van der Waals surface area contributed by atoms with E-state index in [-0.39, 0.29) is 17.6 Å². The van der Waals surface area contributed by atoms with Crippen molar-refractivity contribution >= 4 is 11.7 Å². The third-order valence-electron chi connectivity index (χ3n) is 4.64. The predicted molar refractivity (Wildman–Crippen MR) is 92.0 cm³/mol. The molecule has 3 rings (SSSR count). The fourth-order valence-corrected chi connectivity index (χ4v) is 3.02. The van der Waals surface area contributed by atoms with Gasteiger partial charge in [-0.15, -0.1) is 0 Å². The van der Waals surface area contributed by atoms with Crippen LogP contribution in [0.3, 0.4) is 0 Å². The molecule has 1 heterocycles. The lowest BCUT2D eigenvalue weighted by Crippen LogP contribution is -2.46. The molecule has 2 atom stereocenters. The minimum Gasteiger partial charge on any atom is -0.391 e. The number of rotatable bonds is 3. The van der Waals surface area contributed by atoms with E-state index in [1.807, 2.05) is 13.0 Å². The van der Waals surface area contributed by atoms with Crippen molar-refractivity contribution in [1.29, 1.82) is 0 Å². The summed E-state index contributed by atoms with van der Waals surface area (Å²) in [5, 5.41) is 10.0. The van der Waals surface area contributed by atoms with Crippen molar-refractivity contribution in [2.24, 2.45) is 5.92 Å². The smallest absolute Gasteiger partial charge is 0.254 e.